The van der Waals surface area contributed by atoms with Gasteiger partial charge < -0.3 is 9.47 Å². The molecule has 0 saturated heterocycles. The first-order valence-electron chi connectivity index (χ1n) is 6.07. The molecule has 0 spiro atoms. The summed E-state index contributed by atoms with van der Waals surface area (Å²) in [5.74, 6) is 0.127. The summed E-state index contributed by atoms with van der Waals surface area (Å²) in [5.41, 5.74) is 0.754. The van der Waals surface area contributed by atoms with Gasteiger partial charge in [0.1, 0.15) is 0 Å². The Morgan fingerprint density at radius 3 is 2.68 bits per heavy atom. The fourth-order valence-electron chi connectivity index (χ4n) is 1.69. The zero-order valence-corrected chi connectivity index (χ0v) is 10.9. The molecule has 1 unspecified atom stereocenters. The van der Waals surface area contributed by atoms with E-state index in [1.165, 1.54) is 0 Å². The number of carbonyl (C=O) groups excluding carboxylic acids is 1. The summed E-state index contributed by atoms with van der Waals surface area (Å²) in [4.78, 5) is 12.0. The molecule has 5 heteroatoms. The van der Waals surface area contributed by atoms with E-state index >= 15 is 0 Å². The number of aromatic nitrogens is 2. The molecule has 0 amide bonds. The lowest BCUT2D eigenvalue weighted by Gasteiger charge is -2.16. The second-order valence-corrected chi connectivity index (χ2v) is 4.01. The number of carbonyl (C=O) groups is 1. The van der Waals surface area contributed by atoms with E-state index in [1.54, 1.807) is 31.0 Å². The molecule has 2 aromatic rings. The summed E-state index contributed by atoms with van der Waals surface area (Å²) < 4.78 is 12.3. The van der Waals surface area contributed by atoms with Crippen molar-refractivity contribution in [1.29, 1.82) is 0 Å². The Balaban J connectivity index is 2.22. The number of rotatable bonds is 5. The third-order valence-electron chi connectivity index (χ3n) is 2.54. The van der Waals surface area contributed by atoms with Crippen LogP contribution in [-0.2, 0) is 16.6 Å². The van der Waals surface area contributed by atoms with Crippen molar-refractivity contribution >= 4 is 5.97 Å². The summed E-state index contributed by atoms with van der Waals surface area (Å²) in [6.07, 6.45) is 2.50. The molecule has 0 radical (unpaired) electrons. The summed E-state index contributed by atoms with van der Waals surface area (Å²) >= 11 is 0. The minimum Gasteiger partial charge on any atom is -0.471 e. The highest BCUT2D eigenvalue weighted by atomic mass is 16.6. The van der Waals surface area contributed by atoms with E-state index in [4.69, 9.17) is 9.47 Å². The molecule has 0 N–H and O–H groups in total. The highest BCUT2D eigenvalue weighted by Gasteiger charge is 2.24. The minimum absolute atomic E-state index is 0.318. The van der Waals surface area contributed by atoms with Crippen molar-refractivity contribution in [3.8, 4) is 5.75 Å². The van der Waals surface area contributed by atoms with Crippen molar-refractivity contribution in [3.63, 3.8) is 0 Å². The van der Waals surface area contributed by atoms with E-state index in [0.29, 0.717) is 12.4 Å². The van der Waals surface area contributed by atoms with Crippen LogP contribution >= 0.6 is 0 Å². The van der Waals surface area contributed by atoms with E-state index in [0.717, 1.165) is 5.56 Å². The highest BCUT2D eigenvalue weighted by molar-refractivity contribution is 5.77. The molecule has 1 atom stereocenters. The van der Waals surface area contributed by atoms with E-state index in [2.05, 4.69) is 5.10 Å². The van der Waals surface area contributed by atoms with Crippen LogP contribution in [0.1, 0.15) is 18.6 Å². The van der Waals surface area contributed by atoms with Gasteiger partial charge in [-0.05, 0) is 6.92 Å². The van der Waals surface area contributed by atoms with Crippen LogP contribution in [0, 0.1) is 0 Å². The average Bonchev–Trinajstić information content (AvgIpc) is 2.83. The van der Waals surface area contributed by atoms with Crippen LogP contribution in [-0.4, -0.2) is 22.4 Å². The van der Waals surface area contributed by atoms with Crippen molar-refractivity contribution in [2.75, 3.05) is 6.61 Å². The first-order chi connectivity index (χ1) is 9.20. The third-order valence-corrected chi connectivity index (χ3v) is 2.54. The Hall–Kier alpha value is -2.30. The number of benzene rings is 1. The monoisotopic (exact) mass is 260 g/mol. The first kappa shape index (κ1) is 13.1. The standard InChI is InChI=1S/C14H16N2O3/c1-3-18-14(17)13(11-7-5-4-6-8-11)19-12-9-15-16(2)10-12/h4-10,13H,3H2,1-2H3. The third kappa shape index (κ3) is 3.34. The van der Waals surface area contributed by atoms with Crippen LogP contribution < -0.4 is 4.74 Å². The zero-order valence-electron chi connectivity index (χ0n) is 10.9. The van der Waals surface area contributed by atoms with Crippen molar-refractivity contribution in [2.45, 2.75) is 13.0 Å². The van der Waals surface area contributed by atoms with Crippen molar-refractivity contribution < 1.29 is 14.3 Å². The predicted octanol–water partition coefficient (Wildman–Crippen LogP) is 2.10. The maximum atomic E-state index is 12.0. The largest absolute Gasteiger partial charge is 0.471 e. The number of ether oxygens (including phenoxy) is 2. The lowest BCUT2D eigenvalue weighted by atomic mass is 10.1. The van der Waals surface area contributed by atoms with Gasteiger partial charge in [0.25, 0.3) is 0 Å². The summed E-state index contributed by atoms with van der Waals surface area (Å²) in [7, 11) is 1.79. The second-order valence-electron chi connectivity index (χ2n) is 4.01. The minimum atomic E-state index is -0.773. The van der Waals surface area contributed by atoms with E-state index in [1.807, 2.05) is 30.3 Å². The first-order valence-corrected chi connectivity index (χ1v) is 6.07. The predicted molar refractivity (Wildman–Crippen MR) is 69.7 cm³/mol. The van der Waals surface area contributed by atoms with Gasteiger partial charge in [-0.1, -0.05) is 30.3 Å². The normalized spacial score (nSPS) is 11.9. The molecule has 19 heavy (non-hydrogen) atoms. The topological polar surface area (TPSA) is 53.4 Å². The van der Waals surface area contributed by atoms with Crippen LogP contribution in [0.4, 0.5) is 0 Å². The number of aryl methyl sites for hydroxylation is 1. The Labute approximate surface area is 111 Å². The van der Waals surface area contributed by atoms with Crippen LogP contribution in [0.15, 0.2) is 42.7 Å². The van der Waals surface area contributed by atoms with Gasteiger partial charge in [-0.15, -0.1) is 0 Å². The Morgan fingerprint density at radius 1 is 1.37 bits per heavy atom. The summed E-state index contributed by atoms with van der Waals surface area (Å²) in [6.45, 7) is 2.09. The Bertz CT molecular complexity index is 537. The number of nitrogens with zero attached hydrogens (tertiary/aromatic N) is 2. The molecule has 100 valence electrons. The Morgan fingerprint density at radius 2 is 2.11 bits per heavy atom. The molecule has 0 aliphatic carbocycles. The molecular weight excluding hydrogens is 244 g/mol. The van der Waals surface area contributed by atoms with E-state index in [-0.39, 0.29) is 0 Å². The van der Waals surface area contributed by atoms with Gasteiger partial charge in [0.2, 0.25) is 6.10 Å². The molecule has 0 aliphatic heterocycles. The van der Waals surface area contributed by atoms with Crippen molar-refractivity contribution in [2.24, 2.45) is 7.05 Å². The van der Waals surface area contributed by atoms with Crippen molar-refractivity contribution in [1.82, 2.24) is 9.78 Å². The van der Waals surface area contributed by atoms with Gasteiger partial charge in [-0.25, -0.2) is 4.79 Å². The molecule has 1 heterocycles. The molecule has 1 aromatic heterocycles. The zero-order chi connectivity index (χ0) is 13.7. The fourth-order valence-corrected chi connectivity index (χ4v) is 1.69. The van der Waals surface area contributed by atoms with Gasteiger partial charge in [0.05, 0.1) is 19.0 Å². The van der Waals surface area contributed by atoms with E-state index < -0.39 is 12.1 Å². The second kappa shape index (κ2) is 6.04. The van der Waals surface area contributed by atoms with Gasteiger partial charge in [0.15, 0.2) is 5.75 Å². The van der Waals surface area contributed by atoms with Gasteiger partial charge in [-0.3, -0.25) is 4.68 Å². The molecule has 1 aromatic carbocycles. The van der Waals surface area contributed by atoms with Gasteiger partial charge >= 0.3 is 5.97 Å². The highest BCUT2D eigenvalue weighted by Crippen LogP contribution is 2.22. The maximum absolute atomic E-state index is 12.0. The number of hydrogen-bond acceptors (Lipinski definition) is 4. The van der Waals surface area contributed by atoms with Gasteiger partial charge in [0, 0.05) is 12.6 Å². The van der Waals surface area contributed by atoms with Crippen LogP contribution in [0.5, 0.6) is 5.75 Å². The molecule has 0 bridgehead atoms. The maximum Gasteiger partial charge on any atom is 0.352 e. The van der Waals surface area contributed by atoms with E-state index in [9.17, 15) is 4.79 Å². The van der Waals surface area contributed by atoms with Crippen molar-refractivity contribution in [3.05, 3.63) is 48.3 Å². The summed E-state index contributed by atoms with van der Waals surface area (Å²) in [6, 6.07) is 9.26. The molecule has 0 aliphatic rings. The SMILES string of the molecule is CCOC(=O)C(Oc1cnn(C)c1)c1ccccc1. The molecule has 2 rings (SSSR count). The average molecular weight is 260 g/mol. The lowest BCUT2D eigenvalue weighted by molar-refractivity contribution is -0.151. The lowest BCUT2D eigenvalue weighted by Crippen LogP contribution is -2.21. The Kier molecular flexibility index (Phi) is 4.18. The number of hydrogen-bond donors (Lipinski definition) is 0. The van der Waals surface area contributed by atoms with Crippen LogP contribution in [0.25, 0.3) is 0 Å². The van der Waals surface area contributed by atoms with Crippen LogP contribution in [0.3, 0.4) is 0 Å². The molecule has 0 fully saturated rings. The summed E-state index contributed by atoms with van der Waals surface area (Å²) in [5, 5.41) is 4.01. The van der Waals surface area contributed by atoms with Gasteiger partial charge in [-0.2, -0.15) is 5.10 Å². The van der Waals surface area contributed by atoms with Crippen LogP contribution in [0.2, 0.25) is 0 Å². The fraction of sp³-hybridized carbons (Fsp3) is 0.286. The molecule has 5 nitrogen and oxygen atoms in total. The number of esters is 1. The smallest absolute Gasteiger partial charge is 0.352 e. The molecular formula is C14H16N2O3. The molecule has 0 saturated carbocycles. The quantitative estimate of drug-likeness (QED) is 0.772.